The SMILES string of the molecule is Fc1cc(Cl)c(-n2cc3c(Nc4ccc(Cl)cn4)nccc3n2)c(Cl)c1. The fourth-order valence-electron chi connectivity index (χ4n) is 2.48. The highest BCUT2D eigenvalue weighted by Crippen LogP contribution is 2.32. The van der Waals surface area contributed by atoms with E-state index in [0.29, 0.717) is 27.9 Å². The summed E-state index contributed by atoms with van der Waals surface area (Å²) in [5.74, 6) is 0.622. The summed E-state index contributed by atoms with van der Waals surface area (Å²) >= 11 is 18.1. The molecular weight excluding hydrogens is 400 g/mol. The van der Waals surface area contributed by atoms with Crippen molar-refractivity contribution < 1.29 is 4.39 Å². The highest BCUT2D eigenvalue weighted by Gasteiger charge is 2.15. The van der Waals surface area contributed by atoms with Gasteiger partial charge in [-0.2, -0.15) is 5.10 Å². The minimum atomic E-state index is -0.515. The predicted octanol–water partition coefficient (Wildman–Crippen LogP) is 5.66. The zero-order valence-electron chi connectivity index (χ0n) is 12.9. The van der Waals surface area contributed by atoms with Crippen molar-refractivity contribution in [2.75, 3.05) is 5.32 Å². The summed E-state index contributed by atoms with van der Waals surface area (Å²) in [5.41, 5.74) is 1.05. The first-order valence-corrected chi connectivity index (χ1v) is 8.52. The van der Waals surface area contributed by atoms with Crippen molar-refractivity contribution in [2.24, 2.45) is 0 Å². The van der Waals surface area contributed by atoms with Crippen LogP contribution in [0.3, 0.4) is 0 Å². The number of rotatable bonds is 3. The number of hydrogen-bond acceptors (Lipinski definition) is 4. The average molecular weight is 409 g/mol. The maximum absolute atomic E-state index is 13.4. The van der Waals surface area contributed by atoms with Crippen molar-refractivity contribution in [1.82, 2.24) is 19.7 Å². The largest absolute Gasteiger partial charge is 0.324 e. The second kappa shape index (κ2) is 6.72. The highest BCUT2D eigenvalue weighted by molar-refractivity contribution is 6.37. The van der Waals surface area contributed by atoms with Gasteiger partial charge >= 0.3 is 0 Å². The fraction of sp³-hybridized carbons (Fsp3) is 0. The number of aromatic nitrogens is 4. The third kappa shape index (κ3) is 3.19. The Morgan fingerprint density at radius 3 is 2.46 bits per heavy atom. The summed E-state index contributed by atoms with van der Waals surface area (Å²) in [7, 11) is 0. The van der Waals surface area contributed by atoms with Crippen LogP contribution in [0, 0.1) is 5.82 Å². The lowest BCUT2D eigenvalue weighted by Crippen LogP contribution is -1.97. The summed E-state index contributed by atoms with van der Waals surface area (Å²) < 4.78 is 14.9. The number of fused-ring (bicyclic) bond motifs is 1. The van der Waals surface area contributed by atoms with Crippen LogP contribution in [0.15, 0.2) is 48.9 Å². The summed E-state index contributed by atoms with van der Waals surface area (Å²) in [6.45, 7) is 0. The van der Waals surface area contributed by atoms with Crippen LogP contribution in [0.1, 0.15) is 0 Å². The third-order valence-electron chi connectivity index (χ3n) is 3.62. The molecule has 0 unspecified atom stereocenters. The Hall–Kier alpha value is -2.41. The molecule has 0 aliphatic rings. The first kappa shape index (κ1) is 17.0. The molecule has 0 aliphatic heterocycles. The quantitative estimate of drug-likeness (QED) is 0.475. The lowest BCUT2D eigenvalue weighted by Gasteiger charge is -2.06. The molecular formula is C17H9Cl3FN5. The number of nitrogens with one attached hydrogen (secondary N) is 1. The number of nitrogens with zero attached hydrogens (tertiary/aromatic N) is 4. The third-order valence-corrected chi connectivity index (χ3v) is 4.42. The molecule has 0 atom stereocenters. The molecule has 0 amide bonds. The molecule has 0 bridgehead atoms. The lowest BCUT2D eigenvalue weighted by atomic mass is 10.3. The second-order valence-corrected chi connectivity index (χ2v) is 6.62. The Bertz CT molecular complexity index is 1090. The standard InChI is InChI=1S/C17H9Cl3FN5/c18-9-1-2-15(23-7-9)24-17-11-8-26(25-14(11)3-4-22-17)16-12(19)5-10(21)6-13(16)20/h1-8H,(H,22,23,24). The summed E-state index contributed by atoms with van der Waals surface area (Å²) in [4.78, 5) is 8.52. The van der Waals surface area contributed by atoms with Crippen molar-refractivity contribution >= 4 is 57.3 Å². The molecule has 1 N–H and O–H groups in total. The Balaban J connectivity index is 1.80. The van der Waals surface area contributed by atoms with Crippen molar-refractivity contribution in [2.45, 2.75) is 0 Å². The molecule has 0 radical (unpaired) electrons. The number of anilines is 2. The Kier molecular flexibility index (Phi) is 4.40. The van der Waals surface area contributed by atoms with Crippen LogP contribution in [0.5, 0.6) is 0 Å². The molecule has 9 heteroatoms. The molecule has 0 saturated carbocycles. The monoisotopic (exact) mass is 407 g/mol. The van der Waals surface area contributed by atoms with E-state index in [9.17, 15) is 4.39 Å². The molecule has 130 valence electrons. The smallest absolute Gasteiger partial charge is 0.142 e. The Labute approximate surface area is 162 Å². The average Bonchev–Trinajstić information content (AvgIpc) is 3.00. The number of hydrogen-bond donors (Lipinski definition) is 1. The Morgan fingerprint density at radius 1 is 1.00 bits per heavy atom. The molecule has 3 aromatic heterocycles. The van der Waals surface area contributed by atoms with E-state index >= 15 is 0 Å². The van der Waals surface area contributed by atoms with Gasteiger partial charge in [-0.3, -0.25) is 0 Å². The number of halogens is 4. The Morgan fingerprint density at radius 2 is 1.77 bits per heavy atom. The minimum Gasteiger partial charge on any atom is -0.324 e. The summed E-state index contributed by atoms with van der Waals surface area (Å²) in [6.07, 6.45) is 4.86. The van der Waals surface area contributed by atoms with Gasteiger partial charge in [0.1, 0.15) is 23.1 Å². The molecule has 0 aliphatic carbocycles. The first-order chi connectivity index (χ1) is 12.5. The van der Waals surface area contributed by atoms with Gasteiger partial charge < -0.3 is 5.32 Å². The first-order valence-electron chi connectivity index (χ1n) is 7.39. The van der Waals surface area contributed by atoms with Crippen molar-refractivity contribution in [3.8, 4) is 5.69 Å². The molecule has 26 heavy (non-hydrogen) atoms. The molecule has 0 spiro atoms. The van der Waals surface area contributed by atoms with Crippen LogP contribution in [0.4, 0.5) is 16.0 Å². The van der Waals surface area contributed by atoms with Crippen molar-refractivity contribution in [3.63, 3.8) is 0 Å². The van der Waals surface area contributed by atoms with Crippen molar-refractivity contribution in [1.29, 1.82) is 0 Å². The topological polar surface area (TPSA) is 55.6 Å². The molecule has 4 aromatic rings. The number of benzene rings is 1. The van der Waals surface area contributed by atoms with E-state index in [0.717, 1.165) is 5.39 Å². The molecule has 0 saturated heterocycles. The maximum Gasteiger partial charge on any atom is 0.142 e. The van der Waals surface area contributed by atoms with E-state index in [4.69, 9.17) is 34.8 Å². The fourth-order valence-corrected chi connectivity index (χ4v) is 3.23. The van der Waals surface area contributed by atoms with Crippen LogP contribution in [0.2, 0.25) is 15.1 Å². The molecule has 1 aromatic carbocycles. The minimum absolute atomic E-state index is 0.157. The normalized spacial score (nSPS) is 11.1. The maximum atomic E-state index is 13.4. The van der Waals surface area contributed by atoms with E-state index in [2.05, 4.69) is 20.4 Å². The predicted molar refractivity (Wildman–Crippen MR) is 101 cm³/mol. The van der Waals surface area contributed by atoms with Crippen LogP contribution < -0.4 is 5.32 Å². The van der Waals surface area contributed by atoms with Gasteiger partial charge in [0.2, 0.25) is 0 Å². The van der Waals surface area contributed by atoms with E-state index in [-0.39, 0.29) is 10.0 Å². The molecule has 5 nitrogen and oxygen atoms in total. The second-order valence-electron chi connectivity index (χ2n) is 5.37. The molecule has 4 rings (SSSR count). The lowest BCUT2D eigenvalue weighted by molar-refractivity contribution is 0.627. The van der Waals surface area contributed by atoms with Gasteiger partial charge in [-0.1, -0.05) is 34.8 Å². The van der Waals surface area contributed by atoms with Gasteiger partial charge in [0.05, 0.1) is 26.0 Å². The highest BCUT2D eigenvalue weighted by atomic mass is 35.5. The van der Waals surface area contributed by atoms with E-state index in [1.807, 2.05) is 0 Å². The van der Waals surface area contributed by atoms with Gasteiger partial charge in [0.15, 0.2) is 0 Å². The summed E-state index contributed by atoms with van der Waals surface area (Å²) in [6, 6.07) is 7.57. The molecule has 0 fully saturated rings. The van der Waals surface area contributed by atoms with E-state index in [1.54, 1.807) is 30.6 Å². The zero-order chi connectivity index (χ0) is 18.3. The van der Waals surface area contributed by atoms with Crippen LogP contribution in [-0.4, -0.2) is 19.7 Å². The van der Waals surface area contributed by atoms with Crippen molar-refractivity contribution in [3.05, 3.63) is 69.8 Å². The van der Waals surface area contributed by atoms with Gasteiger partial charge in [-0.05, 0) is 30.3 Å². The van der Waals surface area contributed by atoms with Gasteiger partial charge in [0.25, 0.3) is 0 Å². The number of pyridine rings is 2. The van der Waals surface area contributed by atoms with Crippen LogP contribution >= 0.6 is 34.8 Å². The van der Waals surface area contributed by atoms with E-state index < -0.39 is 5.82 Å². The van der Waals surface area contributed by atoms with Gasteiger partial charge in [-0.15, -0.1) is 0 Å². The molecule has 3 heterocycles. The van der Waals surface area contributed by atoms with Gasteiger partial charge in [-0.25, -0.2) is 19.0 Å². The van der Waals surface area contributed by atoms with E-state index in [1.165, 1.54) is 23.0 Å². The zero-order valence-corrected chi connectivity index (χ0v) is 15.2. The van der Waals surface area contributed by atoms with Crippen LogP contribution in [0.25, 0.3) is 16.6 Å². The summed E-state index contributed by atoms with van der Waals surface area (Å²) in [5, 5.41) is 9.15. The van der Waals surface area contributed by atoms with Gasteiger partial charge in [0, 0.05) is 18.6 Å². The van der Waals surface area contributed by atoms with Crippen LogP contribution in [-0.2, 0) is 0 Å².